The van der Waals surface area contributed by atoms with E-state index in [1.807, 2.05) is 6.92 Å². The first kappa shape index (κ1) is 18.4. The molecule has 2 aromatic carbocycles. The molecule has 0 bridgehead atoms. The van der Waals surface area contributed by atoms with Crippen molar-refractivity contribution in [3.05, 3.63) is 65.7 Å². The summed E-state index contributed by atoms with van der Waals surface area (Å²) in [6, 6.07) is 15.6. The number of nitrogens with one attached hydrogen (secondary N) is 2. The van der Waals surface area contributed by atoms with Gasteiger partial charge in [0.15, 0.2) is 11.0 Å². The van der Waals surface area contributed by atoms with Gasteiger partial charge in [-0.3, -0.25) is 19.3 Å². The molecule has 8 heteroatoms. The highest BCUT2D eigenvalue weighted by atomic mass is 32.1. The van der Waals surface area contributed by atoms with Gasteiger partial charge in [-0.2, -0.15) is 5.10 Å². The lowest BCUT2D eigenvalue weighted by atomic mass is 10.1. The van der Waals surface area contributed by atoms with Crippen LogP contribution in [0.3, 0.4) is 0 Å². The molecule has 1 saturated heterocycles. The molecule has 27 heavy (non-hydrogen) atoms. The zero-order valence-electron chi connectivity index (χ0n) is 14.4. The van der Waals surface area contributed by atoms with Crippen molar-refractivity contribution in [2.24, 2.45) is 11.0 Å². The number of benzene rings is 2. The van der Waals surface area contributed by atoms with Crippen LogP contribution < -0.4 is 15.6 Å². The first-order chi connectivity index (χ1) is 13.0. The minimum absolute atomic E-state index is 0.00420. The van der Waals surface area contributed by atoms with Crippen LogP contribution in [0.15, 0.2) is 59.7 Å². The second kappa shape index (κ2) is 7.88. The molecule has 1 atom stereocenters. The molecule has 0 spiro atoms. The summed E-state index contributed by atoms with van der Waals surface area (Å²) in [5, 5.41) is 6.25. The van der Waals surface area contributed by atoms with Gasteiger partial charge >= 0.3 is 0 Å². The molecule has 3 amide bonds. The first-order valence-corrected chi connectivity index (χ1v) is 8.52. The van der Waals surface area contributed by atoms with Crippen LogP contribution in [0.5, 0.6) is 0 Å². The topological polar surface area (TPSA) is 90.9 Å². The molecule has 1 heterocycles. The Morgan fingerprint density at radius 1 is 1.15 bits per heavy atom. The molecule has 136 valence electrons. The number of carbonyl (C=O) groups excluding carboxylic acids is 3. The van der Waals surface area contributed by atoms with Crippen molar-refractivity contribution in [2.75, 3.05) is 4.90 Å². The summed E-state index contributed by atoms with van der Waals surface area (Å²) in [5.74, 6) is -2.77. The Morgan fingerprint density at radius 3 is 2.48 bits per heavy atom. The maximum atomic E-state index is 12.7. The molecule has 0 unspecified atom stereocenters. The number of rotatable bonds is 4. The third-order valence-corrected chi connectivity index (χ3v) is 4.20. The van der Waals surface area contributed by atoms with Crippen LogP contribution in [0.1, 0.15) is 15.9 Å². The molecule has 0 saturated carbocycles. The van der Waals surface area contributed by atoms with Crippen molar-refractivity contribution in [3.63, 3.8) is 0 Å². The Balaban J connectivity index is 1.73. The van der Waals surface area contributed by atoms with Gasteiger partial charge in [-0.15, -0.1) is 0 Å². The van der Waals surface area contributed by atoms with E-state index in [4.69, 9.17) is 12.2 Å². The van der Waals surface area contributed by atoms with E-state index < -0.39 is 23.6 Å². The maximum absolute atomic E-state index is 12.7. The summed E-state index contributed by atoms with van der Waals surface area (Å²) < 4.78 is 0. The number of para-hydroxylation sites is 1. The molecule has 1 fully saturated rings. The average Bonchev–Trinajstić information content (AvgIpc) is 2.65. The van der Waals surface area contributed by atoms with E-state index in [0.29, 0.717) is 11.3 Å². The summed E-state index contributed by atoms with van der Waals surface area (Å²) in [4.78, 5) is 38.1. The Kier molecular flexibility index (Phi) is 5.37. The van der Waals surface area contributed by atoms with Crippen LogP contribution in [-0.2, 0) is 9.59 Å². The van der Waals surface area contributed by atoms with Gasteiger partial charge in [0, 0.05) is 11.8 Å². The van der Waals surface area contributed by atoms with Crippen molar-refractivity contribution < 1.29 is 14.4 Å². The van der Waals surface area contributed by atoms with E-state index in [-0.39, 0.29) is 5.11 Å². The zero-order chi connectivity index (χ0) is 19.4. The second-order valence-electron chi connectivity index (χ2n) is 5.87. The van der Waals surface area contributed by atoms with E-state index in [9.17, 15) is 14.4 Å². The molecular formula is C19H16N4O3S. The molecule has 0 radical (unpaired) electrons. The van der Waals surface area contributed by atoms with Crippen molar-refractivity contribution in [1.29, 1.82) is 0 Å². The van der Waals surface area contributed by atoms with Gasteiger partial charge in [-0.25, -0.2) is 5.43 Å². The van der Waals surface area contributed by atoms with Gasteiger partial charge < -0.3 is 5.32 Å². The molecule has 2 N–H and O–H groups in total. The van der Waals surface area contributed by atoms with Gasteiger partial charge in [0.05, 0.1) is 5.69 Å². The van der Waals surface area contributed by atoms with Gasteiger partial charge in [0.1, 0.15) is 0 Å². The number of hydrogen-bond donors (Lipinski definition) is 2. The average molecular weight is 380 g/mol. The van der Waals surface area contributed by atoms with E-state index in [0.717, 1.165) is 11.8 Å². The predicted molar refractivity (Wildman–Crippen MR) is 105 cm³/mol. The first-order valence-electron chi connectivity index (χ1n) is 8.11. The van der Waals surface area contributed by atoms with Gasteiger partial charge in [-0.1, -0.05) is 35.9 Å². The SMILES string of the molecule is Cc1ccc(C(=O)N/N=C\[C@@H]2C(=O)NC(=S)N(c3ccccc3)C2=O)cc1. The number of hydrazone groups is 1. The standard InChI is InChI=1S/C19H16N4O3S/c1-12-7-9-13(10-8-12)16(24)22-20-11-15-17(25)21-19(27)23(18(15)26)14-5-3-2-4-6-14/h2-11,15H,1H3,(H,22,24)(H,21,25,27)/b20-11-/t15-/m1/s1. The Labute approximate surface area is 161 Å². The van der Waals surface area contributed by atoms with E-state index >= 15 is 0 Å². The quantitative estimate of drug-likeness (QED) is 0.366. The molecule has 1 aliphatic rings. The largest absolute Gasteiger partial charge is 0.301 e. The maximum Gasteiger partial charge on any atom is 0.271 e. The fraction of sp³-hybridized carbons (Fsp3) is 0.105. The Morgan fingerprint density at radius 2 is 1.81 bits per heavy atom. The number of hydrogen-bond acceptors (Lipinski definition) is 5. The third kappa shape index (κ3) is 4.06. The number of anilines is 1. The highest BCUT2D eigenvalue weighted by Crippen LogP contribution is 2.19. The summed E-state index contributed by atoms with van der Waals surface area (Å²) in [6.45, 7) is 1.91. The Bertz CT molecular complexity index is 926. The van der Waals surface area contributed by atoms with Crippen LogP contribution in [0.25, 0.3) is 0 Å². The van der Waals surface area contributed by atoms with Crippen molar-refractivity contribution in [2.45, 2.75) is 6.92 Å². The number of carbonyl (C=O) groups is 3. The van der Waals surface area contributed by atoms with Crippen molar-refractivity contribution in [1.82, 2.24) is 10.7 Å². The molecule has 3 rings (SSSR count). The summed E-state index contributed by atoms with van der Waals surface area (Å²) in [6.07, 6.45) is 1.10. The highest BCUT2D eigenvalue weighted by Gasteiger charge is 2.38. The van der Waals surface area contributed by atoms with Crippen LogP contribution in [0.2, 0.25) is 0 Å². The fourth-order valence-electron chi connectivity index (χ4n) is 2.48. The lowest BCUT2D eigenvalue weighted by Gasteiger charge is -2.30. The fourth-order valence-corrected chi connectivity index (χ4v) is 2.78. The number of nitrogens with zero attached hydrogens (tertiary/aromatic N) is 2. The van der Waals surface area contributed by atoms with Gasteiger partial charge in [0.25, 0.3) is 11.8 Å². The Hall–Kier alpha value is -3.39. The molecular weight excluding hydrogens is 364 g/mol. The zero-order valence-corrected chi connectivity index (χ0v) is 15.2. The molecule has 2 aromatic rings. The second-order valence-corrected chi connectivity index (χ2v) is 6.25. The smallest absolute Gasteiger partial charge is 0.271 e. The number of aryl methyl sites for hydroxylation is 1. The minimum Gasteiger partial charge on any atom is -0.301 e. The van der Waals surface area contributed by atoms with Crippen LogP contribution in [0.4, 0.5) is 5.69 Å². The van der Waals surface area contributed by atoms with Crippen LogP contribution >= 0.6 is 12.2 Å². The molecule has 7 nitrogen and oxygen atoms in total. The molecule has 0 aliphatic carbocycles. The predicted octanol–water partition coefficient (Wildman–Crippen LogP) is 1.77. The highest BCUT2D eigenvalue weighted by molar-refractivity contribution is 7.80. The summed E-state index contributed by atoms with van der Waals surface area (Å²) in [7, 11) is 0. The van der Waals surface area contributed by atoms with E-state index in [2.05, 4.69) is 15.8 Å². The number of amides is 3. The minimum atomic E-state index is -1.20. The van der Waals surface area contributed by atoms with Gasteiger partial charge in [0.2, 0.25) is 5.91 Å². The third-order valence-electron chi connectivity index (χ3n) is 3.92. The van der Waals surface area contributed by atoms with E-state index in [1.54, 1.807) is 54.6 Å². The number of thiocarbonyl (C=S) groups is 1. The van der Waals surface area contributed by atoms with Crippen molar-refractivity contribution >= 4 is 47.0 Å². The van der Waals surface area contributed by atoms with Crippen LogP contribution in [0, 0.1) is 12.8 Å². The van der Waals surface area contributed by atoms with E-state index in [1.165, 1.54) is 4.90 Å². The molecule has 1 aliphatic heterocycles. The lowest BCUT2D eigenvalue weighted by Crippen LogP contribution is -2.58. The summed E-state index contributed by atoms with van der Waals surface area (Å²) >= 11 is 5.10. The normalized spacial score (nSPS) is 17.1. The molecule has 0 aromatic heterocycles. The van der Waals surface area contributed by atoms with Crippen LogP contribution in [-0.4, -0.2) is 29.0 Å². The lowest BCUT2D eigenvalue weighted by molar-refractivity contribution is -0.130. The van der Waals surface area contributed by atoms with Crippen molar-refractivity contribution in [3.8, 4) is 0 Å². The van der Waals surface area contributed by atoms with Gasteiger partial charge in [-0.05, 0) is 43.4 Å². The summed E-state index contributed by atoms with van der Waals surface area (Å²) in [5.41, 5.74) is 4.30. The monoisotopic (exact) mass is 380 g/mol.